The molecular weight excluding hydrogens is 300 g/mol. The number of hydrogen-bond donors (Lipinski definition) is 0. The van der Waals surface area contributed by atoms with Crippen molar-refractivity contribution in [2.24, 2.45) is 0 Å². The quantitative estimate of drug-likeness (QED) is 0.765. The minimum atomic E-state index is -3.76. The molecule has 2 aromatic carbocycles. The van der Waals surface area contributed by atoms with Crippen molar-refractivity contribution in [3.63, 3.8) is 0 Å². The molecule has 0 spiro atoms. The predicted molar refractivity (Wildman–Crippen MR) is 85.6 cm³/mol. The van der Waals surface area contributed by atoms with Gasteiger partial charge in [0.05, 0.1) is 4.90 Å². The molecule has 0 saturated heterocycles. The van der Waals surface area contributed by atoms with Crippen LogP contribution >= 0.6 is 0 Å². The summed E-state index contributed by atoms with van der Waals surface area (Å²) in [6.07, 6.45) is -0.579. The first-order chi connectivity index (χ1) is 10.4. The van der Waals surface area contributed by atoms with E-state index in [4.69, 9.17) is 8.92 Å². The predicted octanol–water partition coefficient (Wildman–Crippen LogP) is 3.48. The summed E-state index contributed by atoms with van der Waals surface area (Å²) in [5, 5.41) is 0. The van der Waals surface area contributed by atoms with Crippen LogP contribution in [0.5, 0.6) is 5.75 Å². The van der Waals surface area contributed by atoms with Crippen LogP contribution in [-0.4, -0.2) is 21.1 Å². The van der Waals surface area contributed by atoms with Crippen molar-refractivity contribution in [2.75, 3.05) is 6.61 Å². The van der Waals surface area contributed by atoms with Crippen molar-refractivity contribution in [3.05, 3.63) is 59.7 Å². The van der Waals surface area contributed by atoms with Gasteiger partial charge >= 0.3 is 0 Å². The molecule has 0 fully saturated rings. The zero-order chi connectivity index (χ0) is 16.2. The van der Waals surface area contributed by atoms with Gasteiger partial charge in [0.1, 0.15) is 18.5 Å². The third-order valence-corrected chi connectivity index (χ3v) is 4.63. The van der Waals surface area contributed by atoms with Crippen molar-refractivity contribution in [3.8, 4) is 5.75 Å². The molecule has 0 N–H and O–H groups in total. The molecule has 118 valence electrons. The summed E-state index contributed by atoms with van der Waals surface area (Å²) >= 11 is 0. The Kier molecular flexibility index (Phi) is 5.21. The molecule has 4 nitrogen and oxygen atoms in total. The summed E-state index contributed by atoms with van der Waals surface area (Å²) in [6.45, 7) is 5.75. The van der Waals surface area contributed by atoms with E-state index in [9.17, 15) is 8.42 Å². The molecule has 2 rings (SSSR count). The van der Waals surface area contributed by atoms with Gasteiger partial charge < -0.3 is 4.74 Å². The maximum atomic E-state index is 12.1. The van der Waals surface area contributed by atoms with Crippen LogP contribution in [0, 0.1) is 13.8 Å². The molecule has 0 radical (unpaired) electrons. The molecule has 0 bridgehead atoms. The fourth-order valence-corrected chi connectivity index (χ4v) is 3.20. The van der Waals surface area contributed by atoms with Gasteiger partial charge in [0, 0.05) is 0 Å². The van der Waals surface area contributed by atoms with Gasteiger partial charge in [0.15, 0.2) is 0 Å². The first kappa shape index (κ1) is 16.5. The first-order valence-corrected chi connectivity index (χ1v) is 8.48. The average molecular weight is 320 g/mol. The molecule has 0 aliphatic rings. The monoisotopic (exact) mass is 320 g/mol. The molecule has 0 aliphatic carbocycles. The summed E-state index contributed by atoms with van der Waals surface area (Å²) in [5.41, 5.74) is 2.02. The molecule has 0 aliphatic heterocycles. The van der Waals surface area contributed by atoms with Crippen molar-refractivity contribution in [1.82, 2.24) is 0 Å². The molecular formula is C17H20O4S. The van der Waals surface area contributed by atoms with Gasteiger partial charge in [0.25, 0.3) is 10.1 Å². The second-order valence-corrected chi connectivity index (χ2v) is 6.78. The van der Waals surface area contributed by atoms with Crippen LogP contribution in [0.4, 0.5) is 0 Å². The van der Waals surface area contributed by atoms with Gasteiger partial charge in [-0.1, -0.05) is 36.4 Å². The van der Waals surface area contributed by atoms with Crippen molar-refractivity contribution in [1.29, 1.82) is 0 Å². The van der Waals surface area contributed by atoms with Gasteiger partial charge in [-0.25, -0.2) is 0 Å². The molecule has 0 amide bonds. The Balaban J connectivity index is 2.00. The molecule has 0 aromatic heterocycles. The number of benzene rings is 2. The van der Waals surface area contributed by atoms with E-state index in [1.165, 1.54) is 12.1 Å². The Morgan fingerprint density at radius 3 is 2.14 bits per heavy atom. The second-order valence-electron chi connectivity index (χ2n) is 5.21. The van der Waals surface area contributed by atoms with Gasteiger partial charge in [-0.3, -0.25) is 4.18 Å². The number of aryl methyl sites for hydroxylation is 2. The number of para-hydroxylation sites is 1. The highest BCUT2D eigenvalue weighted by molar-refractivity contribution is 7.86. The zero-order valence-electron chi connectivity index (χ0n) is 12.9. The fourth-order valence-electron chi connectivity index (χ4n) is 2.11. The zero-order valence-corrected chi connectivity index (χ0v) is 13.8. The lowest BCUT2D eigenvalue weighted by Gasteiger charge is -2.16. The number of rotatable bonds is 6. The van der Waals surface area contributed by atoms with E-state index in [1.807, 2.05) is 32.0 Å². The molecule has 1 unspecified atom stereocenters. The Morgan fingerprint density at radius 2 is 1.55 bits per heavy atom. The van der Waals surface area contributed by atoms with Gasteiger partial charge in [0.2, 0.25) is 0 Å². The van der Waals surface area contributed by atoms with Crippen LogP contribution in [-0.2, 0) is 14.3 Å². The van der Waals surface area contributed by atoms with E-state index in [0.29, 0.717) is 0 Å². The van der Waals surface area contributed by atoms with Gasteiger partial charge in [-0.15, -0.1) is 0 Å². The summed E-state index contributed by atoms with van der Waals surface area (Å²) in [5.74, 6) is 0.773. The Hall–Kier alpha value is -1.85. The minimum absolute atomic E-state index is 0.147. The van der Waals surface area contributed by atoms with E-state index >= 15 is 0 Å². The topological polar surface area (TPSA) is 52.6 Å². The van der Waals surface area contributed by atoms with Crippen LogP contribution in [0.3, 0.4) is 0 Å². The largest absolute Gasteiger partial charge is 0.490 e. The highest BCUT2D eigenvalue weighted by Gasteiger charge is 2.19. The van der Waals surface area contributed by atoms with Crippen molar-refractivity contribution >= 4 is 10.1 Å². The Morgan fingerprint density at radius 1 is 0.955 bits per heavy atom. The summed E-state index contributed by atoms with van der Waals surface area (Å²) in [4.78, 5) is 0.147. The van der Waals surface area contributed by atoms with E-state index in [2.05, 4.69) is 0 Å². The SMILES string of the molecule is Cc1cccc(C)c1OCC(C)OS(=O)(=O)c1ccccc1. The van der Waals surface area contributed by atoms with Crippen LogP contribution in [0.15, 0.2) is 53.4 Å². The smallest absolute Gasteiger partial charge is 0.297 e. The maximum absolute atomic E-state index is 12.1. The molecule has 0 heterocycles. The highest BCUT2D eigenvalue weighted by Crippen LogP contribution is 2.23. The van der Waals surface area contributed by atoms with Crippen LogP contribution < -0.4 is 4.74 Å². The Labute approximate surface area is 131 Å². The lowest BCUT2D eigenvalue weighted by Crippen LogP contribution is -2.22. The molecule has 5 heteroatoms. The van der Waals surface area contributed by atoms with Crippen molar-refractivity contribution < 1.29 is 17.3 Å². The van der Waals surface area contributed by atoms with Crippen LogP contribution in [0.25, 0.3) is 0 Å². The van der Waals surface area contributed by atoms with Crippen LogP contribution in [0.1, 0.15) is 18.1 Å². The molecule has 0 saturated carbocycles. The number of ether oxygens (including phenoxy) is 1. The Bertz CT molecular complexity index is 703. The van der Waals surface area contributed by atoms with Crippen LogP contribution in [0.2, 0.25) is 0 Å². The number of hydrogen-bond acceptors (Lipinski definition) is 4. The summed E-state index contributed by atoms with van der Waals surface area (Å²) in [7, 11) is -3.76. The third-order valence-electron chi connectivity index (χ3n) is 3.19. The first-order valence-electron chi connectivity index (χ1n) is 7.07. The fraction of sp³-hybridized carbons (Fsp3) is 0.294. The second kappa shape index (κ2) is 6.94. The van der Waals surface area contributed by atoms with E-state index in [-0.39, 0.29) is 11.5 Å². The maximum Gasteiger partial charge on any atom is 0.297 e. The standard InChI is InChI=1S/C17H20O4S/c1-13-8-7-9-14(2)17(13)20-12-15(3)21-22(18,19)16-10-5-4-6-11-16/h4-11,15H,12H2,1-3H3. The lowest BCUT2D eigenvalue weighted by molar-refractivity contribution is 0.148. The molecule has 22 heavy (non-hydrogen) atoms. The molecule has 2 aromatic rings. The van der Waals surface area contributed by atoms with Crippen molar-refractivity contribution in [2.45, 2.75) is 31.8 Å². The van der Waals surface area contributed by atoms with Gasteiger partial charge in [-0.2, -0.15) is 8.42 Å². The summed E-state index contributed by atoms with van der Waals surface area (Å²) in [6, 6.07) is 14.0. The lowest BCUT2D eigenvalue weighted by atomic mass is 10.1. The van der Waals surface area contributed by atoms with E-state index < -0.39 is 16.2 Å². The molecule has 1 atom stereocenters. The van der Waals surface area contributed by atoms with E-state index in [0.717, 1.165) is 16.9 Å². The van der Waals surface area contributed by atoms with Gasteiger partial charge in [-0.05, 0) is 44.0 Å². The average Bonchev–Trinajstić information content (AvgIpc) is 2.47. The third kappa shape index (κ3) is 4.08. The summed E-state index contributed by atoms with van der Waals surface area (Å²) < 4.78 is 35.1. The van der Waals surface area contributed by atoms with E-state index in [1.54, 1.807) is 25.1 Å². The normalized spacial score (nSPS) is 12.9. The minimum Gasteiger partial charge on any atom is -0.490 e. The highest BCUT2D eigenvalue weighted by atomic mass is 32.2.